The number of ether oxygens (including phenoxy) is 1. The van der Waals surface area contributed by atoms with E-state index in [1.807, 2.05) is 0 Å². The summed E-state index contributed by atoms with van der Waals surface area (Å²) in [6, 6.07) is 4.45. The van der Waals surface area contributed by atoms with E-state index >= 15 is 0 Å². The van der Waals surface area contributed by atoms with Crippen LogP contribution in [-0.4, -0.2) is 39.0 Å². The summed E-state index contributed by atoms with van der Waals surface area (Å²) in [6.07, 6.45) is 2.26. The smallest absolute Gasteiger partial charge is 0.275 e. The fourth-order valence-electron chi connectivity index (χ4n) is 2.30. The first-order valence-corrected chi connectivity index (χ1v) is 10.5. The van der Waals surface area contributed by atoms with Gasteiger partial charge in [-0.15, -0.1) is 23.7 Å². The van der Waals surface area contributed by atoms with Crippen LogP contribution in [0.3, 0.4) is 0 Å². The summed E-state index contributed by atoms with van der Waals surface area (Å²) in [6.45, 7) is 0.461. The van der Waals surface area contributed by atoms with Crippen molar-refractivity contribution in [2.24, 2.45) is 5.73 Å². The van der Waals surface area contributed by atoms with E-state index in [9.17, 15) is 13.2 Å². The molecule has 1 aliphatic rings. The van der Waals surface area contributed by atoms with Crippen LogP contribution in [0.4, 0.5) is 5.69 Å². The zero-order chi connectivity index (χ0) is 18.7. The van der Waals surface area contributed by atoms with Gasteiger partial charge in [0.05, 0.1) is 12.1 Å². The van der Waals surface area contributed by atoms with Crippen LogP contribution in [-0.2, 0) is 16.4 Å². The second kappa shape index (κ2) is 8.98. The number of amides is 1. The molecule has 1 fully saturated rings. The van der Waals surface area contributed by atoms with Crippen LogP contribution in [0.1, 0.15) is 28.3 Å². The second-order valence-corrected chi connectivity index (χ2v) is 8.51. The highest BCUT2D eigenvalue weighted by atomic mass is 35.5. The fraction of sp³-hybridized carbons (Fsp3) is 0.375. The summed E-state index contributed by atoms with van der Waals surface area (Å²) in [5, 5.41) is 5.10. The monoisotopic (exact) mass is 432 g/mol. The number of benzene rings is 1. The number of aromatic nitrogens is 1. The Morgan fingerprint density at radius 3 is 2.78 bits per heavy atom. The van der Waals surface area contributed by atoms with Crippen LogP contribution in [0.2, 0.25) is 0 Å². The van der Waals surface area contributed by atoms with Gasteiger partial charge in [-0.2, -0.15) is 0 Å². The van der Waals surface area contributed by atoms with Gasteiger partial charge in [-0.3, -0.25) is 4.79 Å². The average molecular weight is 433 g/mol. The number of halogens is 1. The predicted octanol–water partition coefficient (Wildman–Crippen LogP) is 1.77. The Labute approximate surface area is 168 Å². The molecule has 1 heterocycles. The van der Waals surface area contributed by atoms with Gasteiger partial charge in [0.1, 0.15) is 16.3 Å². The highest BCUT2D eigenvalue weighted by Crippen LogP contribution is 2.30. The van der Waals surface area contributed by atoms with Crippen LogP contribution in [0.15, 0.2) is 28.5 Å². The zero-order valence-corrected chi connectivity index (χ0v) is 17.0. The number of carbonyl (C=O) groups excluding carboxylic acids is 1. The van der Waals surface area contributed by atoms with E-state index in [-0.39, 0.29) is 34.8 Å². The van der Waals surface area contributed by atoms with Gasteiger partial charge < -0.3 is 15.8 Å². The zero-order valence-electron chi connectivity index (χ0n) is 14.6. The van der Waals surface area contributed by atoms with Crippen LogP contribution < -0.4 is 20.5 Å². The minimum atomic E-state index is -3.72. The number of anilines is 1. The van der Waals surface area contributed by atoms with Gasteiger partial charge in [0.2, 0.25) is 10.0 Å². The molecule has 11 heteroatoms. The van der Waals surface area contributed by atoms with Crippen molar-refractivity contribution in [3.05, 3.63) is 34.3 Å². The van der Waals surface area contributed by atoms with Crippen LogP contribution in [0.5, 0.6) is 5.75 Å². The summed E-state index contributed by atoms with van der Waals surface area (Å²) in [7, 11) is -2.32. The lowest BCUT2D eigenvalue weighted by Gasteiger charge is -2.12. The lowest BCUT2D eigenvalue weighted by Crippen LogP contribution is -2.26. The minimum Gasteiger partial charge on any atom is -0.495 e. The minimum absolute atomic E-state index is 0. The van der Waals surface area contributed by atoms with Crippen molar-refractivity contribution < 1.29 is 17.9 Å². The molecule has 4 N–H and O–H groups in total. The third kappa shape index (κ3) is 5.39. The van der Waals surface area contributed by atoms with Gasteiger partial charge in [0.15, 0.2) is 0 Å². The molecule has 1 aliphatic carbocycles. The number of nitrogens with two attached hydrogens (primary N) is 1. The number of rotatable bonds is 8. The molecule has 0 saturated heterocycles. The highest BCUT2D eigenvalue weighted by Gasteiger charge is 2.30. The molecule has 2 aromatic rings. The Hall–Kier alpha value is -1.72. The largest absolute Gasteiger partial charge is 0.495 e. The van der Waals surface area contributed by atoms with Gasteiger partial charge >= 0.3 is 0 Å². The number of hydrogen-bond acceptors (Lipinski definition) is 7. The summed E-state index contributed by atoms with van der Waals surface area (Å²) >= 11 is 1.36. The van der Waals surface area contributed by atoms with E-state index in [0.717, 1.165) is 17.8 Å². The molecule has 148 valence electrons. The van der Waals surface area contributed by atoms with E-state index < -0.39 is 15.9 Å². The van der Waals surface area contributed by atoms with E-state index in [1.165, 1.54) is 30.6 Å². The fourth-order valence-corrected chi connectivity index (χ4v) is 4.59. The molecular formula is C16H21ClN4O4S2. The predicted molar refractivity (Wildman–Crippen MR) is 106 cm³/mol. The molecule has 1 saturated carbocycles. The lowest BCUT2D eigenvalue weighted by molar-refractivity contribution is 0.102. The summed E-state index contributed by atoms with van der Waals surface area (Å²) in [5.41, 5.74) is 6.10. The van der Waals surface area contributed by atoms with Crippen LogP contribution >= 0.6 is 23.7 Å². The van der Waals surface area contributed by atoms with Gasteiger partial charge in [-0.1, -0.05) is 0 Å². The Balaban J connectivity index is 0.00000261. The normalized spacial score (nSPS) is 13.7. The molecule has 8 nitrogen and oxygen atoms in total. The van der Waals surface area contributed by atoms with Crippen molar-refractivity contribution in [1.82, 2.24) is 9.71 Å². The number of sulfonamides is 1. The van der Waals surface area contributed by atoms with Crippen molar-refractivity contribution in [2.75, 3.05) is 19.0 Å². The van der Waals surface area contributed by atoms with Crippen molar-refractivity contribution in [3.63, 3.8) is 0 Å². The molecular weight excluding hydrogens is 412 g/mol. The maximum atomic E-state index is 12.5. The van der Waals surface area contributed by atoms with Gasteiger partial charge in [-0.05, 0) is 37.6 Å². The molecule has 1 aromatic carbocycles. The molecule has 0 radical (unpaired) electrons. The van der Waals surface area contributed by atoms with Crippen molar-refractivity contribution in [1.29, 1.82) is 0 Å². The number of hydrogen-bond donors (Lipinski definition) is 3. The number of nitrogens with zero attached hydrogens (tertiary/aromatic N) is 1. The molecule has 0 bridgehead atoms. The molecule has 27 heavy (non-hydrogen) atoms. The maximum Gasteiger partial charge on any atom is 0.275 e. The third-order valence-corrected chi connectivity index (χ3v) is 6.20. The molecule has 0 aliphatic heterocycles. The van der Waals surface area contributed by atoms with Crippen molar-refractivity contribution in [3.8, 4) is 5.75 Å². The summed E-state index contributed by atoms with van der Waals surface area (Å²) in [5.74, 6) is -0.191. The first-order valence-electron chi connectivity index (χ1n) is 8.09. The Bertz CT molecular complexity index is 913. The molecule has 1 amide bonds. The summed E-state index contributed by atoms with van der Waals surface area (Å²) in [4.78, 5) is 16.6. The number of nitrogens with one attached hydrogen (secondary N) is 2. The lowest BCUT2D eigenvalue weighted by atomic mass is 10.3. The number of carbonyl (C=O) groups is 1. The molecule has 0 atom stereocenters. The van der Waals surface area contributed by atoms with Crippen molar-refractivity contribution >= 4 is 45.4 Å². The quantitative estimate of drug-likeness (QED) is 0.584. The second-order valence-electron chi connectivity index (χ2n) is 5.88. The van der Waals surface area contributed by atoms with Crippen molar-refractivity contribution in [2.45, 2.75) is 30.2 Å². The summed E-state index contributed by atoms with van der Waals surface area (Å²) < 4.78 is 32.8. The van der Waals surface area contributed by atoms with E-state index in [4.69, 9.17) is 10.5 Å². The molecule has 3 rings (SSSR count). The topological polar surface area (TPSA) is 123 Å². The van der Waals surface area contributed by atoms with Gasteiger partial charge in [0, 0.05) is 23.5 Å². The third-order valence-electron chi connectivity index (χ3n) is 3.75. The molecule has 0 unspecified atom stereocenters. The highest BCUT2D eigenvalue weighted by molar-refractivity contribution is 7.89. The first-order chi connectivity index (χ1) is 12.4. The Kier molecular flexibility index (Phi) is 7.18. The van der Waals surface area contributed by atoms with Gasteiger partial charge in [-0.25, -0.2) is 18.1 Å². The van der Waals surface area contributed by atoms with Crippen LogP contribution in [0.25, 0.3) is 0 Å². The SMILES string of the molecule is COc1ccc(NC(=O)c2csc(CCN)n2)cc1S(=O)(=O)NC1CC1.Cl. The van der Waals surface area contributed by atoms with E-state index in [2.05, 4.69) is 15.0 Å². The van der Waals surface area contributed by atoms with Gasteiger partial charge in [0.25, 0.3) is 5.91 Å². The Morgan fingerprint density at radius 1 is 1.41 bits per heavy atom. The first kappa shape index (κ1) is 21.6. The number of methoxy groups -OCH3 is 1. The Morgan fingerprint density at radius 2 is 2.15 bits per heavy atom. The molecule has 0 spiro atoms. The molecule has 1 aromatic heterocycles. The number of thiazole rings is 1. The maximum absolute atomic E-state index is 12.5. The van der Waals surface area contributed by atoms with E-state index in [1.54, 1.807) is 11.4 Å². The van der Waals surface area contributed by atoms with Crippen LogP contribution in [0, 0.1) is 0 Å². The standard InChI is InChI=1S/C16H20N4O4S2.ClH/c1-24-13-5-4-11(8-14(13)26(22,23)20-10-2-3-10)18-16(21)12-9-25-15(19-12)6-7-17;/h4-5,8-10,20H,2-3,6-7,17H2,1H3,(H,18,21);1H. The average Bonchev–Trinajstić information content (AvgIpc) is 3.28. The van der Waals surface area contributed by atoms with E-state index in [0.29, 0.717) is 18.7 Å².